The smallest absolute Gasteiger partial charge is 0.308 e. The van der Waals surface area contributed by atoms with E-state index in [1.807, 2.05) is 0 Å². The van der Waals surface area contributed by atoms with Crippen LogP contribution in [-0.2, 0) is 23.9 Å². The lowest BCUT2D eigenvalue weighted by Crippen LogP contribution is -2.66. The van der Waals surface area contributed by atoms with E-state index in [9.17, 15) is 24.3 Å². The highest BCUT2D eigenvalue weighted by atomic mass is 16.7. The van der Waals surface area contributed by atoms with Crippen LogP contribution in [0, 0.1) is 10.8 Å². The number of fused-ring (bicyclic) bond motifs is 1. The minimum absolute atomic E-state index is 0.0376. The fourth-order valence-corrected chi connectivity index (χ4v) is 4.91. The molecule has 2 fully saturated rings. The summed E-state index contributed by atoms with van der Waals surface area (Å²) >= 11 is 0. The quantitative estimate of drug-likeness (QED) is 0.433. The molecule has 27 heavy (non-hydrogen) atoms. The van der Waals surface area contributed by atoms with Crippen molar-refractivity contribution in [3.05, 3.63) is 0 Å². The first-order valence-electron chi connectivity index (χ1n) is 9.15. The molecule has 1 aliphatic carbocycles. The molecule has 1 unspecified atom stereocenters. The van der Waals surface area contributed by atoms with Gasteiger partial charge in [-0.3, -0.25) is 19.2 Å². The van der Waals surface area contributed by atoms with Crippen molar-refractivity contribution in [3.8, 4) is 0 Å². The normalized spacial score (nSPS) is 29.4. The van der Waals surface area contributed by atoms with E-state index < -0.39 is 40.5 Å². The van der Waals surface area contributed by atoms with E-state index in [1.165, 1.54) is 0 Å². The SMILES string of the molecule is O=C(O)CCC1(CCC(=O)O)CCC[C@@]2(CCC(=O)O)CCC(=O)OC12O. The largest absolute Gasteiger partial charge is 0.481 e. The average Bonchev–Trinajstić information content (AvgIpc) is 2.57. The summed E-state index contributed by atoms with van der Waals surface area (Å²) in [5.74, 6) is -5.96. The molecule has 1 saturated carbocycles. The van der Waals surface area contributed by atoms with Crippen LogP contribution in [0.3, 0.4) is 0 Å². The summed E-state index contributed by atoms with van der Waals surface area (Å²) in [6, 6.07) is 0. The zero-order chi connectivity index (χ0) is 20.3. The van der Waals surface area contributed by atoms with E-state index in [0.29, 0.717) is 19.3 Å². The lowest BCUT2D eigenvalue weighted by atomic mass is 9.51. The summed E-state index contributed by atoms with van der Waals surface area (Å²) in [7, 11) is 0. The average molecular weight is 386 g/mol. The number of aliphatic carboxylic acids is 3. The number of carbonyl (C=O) groups is 4. The molecule has 4 N–H and O–H groups in total. The van der Waals surface area contributed by atoms with Crippen molar-refractivity contribution in [2.24, 2.45) is 10.8 Å². The third kappa shape index (κ3) is 4.07. The predicted octanol–water partition coefficient (Wildman–Crippen LogP) is 1.76. The van der Waals surface area contributed by atoms with Gasteiger partial charge in [-0.15, -0.1) is 0 Å². The summed E-state index contributed by atoms with van der Waals surface area (Å²) in [4.78, 5) is 45.5. The first kappa shape index (κ1) is 21.1. The van der Waals surface area contributed by atoms with Crippen LogP contribution in [0.5, 0.6) is 0 Å². The molecule has 0 aromatic rings. The molecule has 2 aliphatic rings. The summed E-state index contributed by atoms with van der Waals surface area (Å²) in [5.41, 5.74) is -2.26. The molecule has 0 amide bonds. The van der Waals surface area contributed by atoms with Crippen LogP contribution in [0.1, 0.15) is 70.6 Å². The number of carbonyl (C=O) groups excluding carboxylic acids is 1. The monoisotopic (exact) mass is 386 g/mol. The van der Waals surface area contributed by atoms with Crippen LogP contribution in [0.25, 0.3) is 0 Å². The Labute approximate surface area is 156 Å². The van der Waals surface area contributed by atoms with Crippen molar-refractivity contribution in [1.82, 2.24) is 0 Å². The molecule has 2 rings (SSSR count). The zero-order valence-corrected chi connectivity index (χ0v) is 15.1. The van der Waals surface area contributed by atoms with Gasteiger partial charge in [-0.1, -0.05) is 6.42 Å². The molecule has 1 aliphatic heterocycles. The summed E-state index contributed by atoms with van der Waals surface area (Å²) in [5, 5.41) is 39.0. The van der Waals surface area contributed by atoms with E-state index in [4.69, 9.17) is 20.1 Å². The number of ether oxygens (including phenoxy) is 1. The van der Waals surface area contributed by atoms with Gasteiger partial charge in [-0.2, -0.15) is 0 Å². The van der Waals surface area contributed by atoms with E-state index >= 15 is 0 Å². The van der Waals surface area contributed by atoms with Gasteiger partial charge in [-0.05, 0) is 38.5 Å². The molecule has 0 bridgehead atoms. The second-order valence-electron chi connectivity index (χ2n) is 7.71. The van der Waals surface area contributed by atoms with Crippen molar-refractivity contribution in [2.45, 2.75) is 76.4 Å². The van der Waals surface area contributed by atoms with Gasteiger partial charge in [0, 0.05) is 36.5 Å². The Morgan fingerprint density at radius 3 is 1.89 bits per heavy atom. The second kappa shape index (κ2) is 7.84. The third-order valence-corrected chi connectivity index (χ3v) is 6.27. The van der Waals surface area contributed by atoms with Crippen molar-refractivity contribution in [3.63, 3.8) is 0 Å². The highest BCUT2D eigenvalue weighted by molar-refractivity contribution is 5.72. The van der Waals surface area contributed by atoms with E-state index in [1.54, 1.807) is 0 Å². The van der Waals surface area contributed by atoms with Crippen molar-refractivity contribution in [2.75, 3.05) is 0 Å². The number of aliphatic hydroxyl groups is 1. The van der Waals surface area contributed by atoms with Crippen LogP contribution in [0.15, 0.2) is 0 Å². The van der Waals surface area contributed by atoms with Crippen LogP contribution in [0.2, 0.25) is 0 Å². The minimum Gasteiger partial charge on any atom is -0.481 e. The Morgan fingerprint density at radius 1 is 0.852 bits per heavy atom. The zero-order valence-electron chi connectivity index (χ0n) is 15.1. The highest BCUT2D eigenvalue weighted by Gasteiger charge is 2.67. The number of carboxylic acid groups (broad SMARTS) is 3. The Hall–Kier alpha value is -2.16. The number of hydrogen-bond acceptors (Lipinski definition) is 6. The van der Waals surface area contributed by atoms with Crippen LogP contribution in [-0.4, -0.2) is 50.1 Å². The topological polar surface area (TPSA) is 158 Å². The number of esters is 1. The number of rotatable bonds is 9. The van der Waals surface area contributed by atoms with Gasteiger partial charge in [-0.25, -0.2) is 0 Å². The fourth-order valence-electron chi connectivity index (χ4n) is 4.91. The first-order valence-corrected chi connectivity index (χ1v) is 9.15. The molecule has 2 atom stereocenters. The summed E-state index contributed by atoms with van der Waals surface area (Å²) < 4.78 is 5.43. The highest BCUT2D eigenvalue weighted by Crippen LogP contribution is 2.63. The van der Waals surface area contributed by atoms with E-state index in [0.717, 1.165) is 0 Å². The third-order valence-electron chi connectivity index (χ3n) is 6.27. The first-order chi connectivity index (χ1) is 12.6. The maximum absolute atomic E-state index is 12.0. The van der Waals surface area contributed by atoms with Crippen LogP contribution < -0.4 is 0 Å². The molecule has 1 heterocycles. The van der Waals surface area contributed by atoms with Crippen LogP contribution >= 0.6 is 0 Å². The molecule has 152 valence electrons. The molecule has 9 heteroatoms. The fraction of sp³-hybridized carbons (Fsp3) is 0.778. The molecule has 9 nitrogen and oxygen atoms in total. The van der Waals surface area contributed by atoms with Crippen LogP contribution in [0.4, 0.5) is 0 Å². The Kier molecular flexibility index (Phi) is 6.14. The lowest BCUT2D eigenvalue weighted by molar-refractivity contribution is -0.352. The molecular weight excluding hydrogens is 360 g/mol. The molecular formula is C18H26O9. The van der Waals surface area contributed by atoms with E-state index in [2.05, 4.69) is 0 Å². The van der Waals surface area contributed by atoms with Gasteiger partial charge >= 0.3 is 23.9 Å². The predicted molar refractivity (Wildman–Crippen MR) is 89.6 cm³/mol. The molecule has 0 spiro atoms. The molecule has 0 aromatic carbocycles. The Morgan fingerprint density at radius 2 is 1.37 bits per heavy atom. The number of hydrogen-bond donors (Lipinski definition) is 4. The van der Waals surface area contributed by atoms with Crippen molar-refractivity contribution < 1.29 is 44.3 Å². The van der Waals surface area contributed by atoms with Crippen molar-refractivity contribution in [1.29, 1.82) is 0 Å². The standard InChI is InChI=1S/C18H26O9/c19-12(20)2-8-16(9-3-13(21)22)6-1-7-17(10-4-14(23)24)11-5-15(25)27-18(16,17)26/h26H,1-11H2,(H,19,20)(H,21,22)(H,23,24)/t17-,18?/m1/s1. The van der Waals surface area contributed by atoms with Gasteiger partial charge < -0.3 is 25.2 Å². The van der Waals surface area contributed by atoms with Gasteiger partial charge in [0.05, 0.1) is 0 Å². The van der Waals surface area contributed by atoms with Gasteiger partial charge in [0.1, 0.15) is 0 Å². The maximum Gasteiger partial charge on any atom is 0.308 e. The van der Waals surface area contributed by atoms with Gasteiger partial charge in [0.25, 0.3) is 0 Å². The maximum atomic E-state index is 12.0. The molecule has 0 radical (unpaired) electrons. The Balaban J connectivity index is 2.48. The minimum atomic E-state index is -2.08. The number of carboxylic acids is 3. The molecule has 1 saturated heterocycles. The second-order valence-corrected chi connectivity index (χ2v) is 7.71. The summed E-state index contributed by atoms with van der Waals surface area (Å²) in [6.07, 6.45) is 0.720. The van der Waals surface area contributed by atoms with E-state index in [-0.39, 0.29) is 51.4 Å². The Bertz CT molecular complexity index is 610. The summed E-state index contributed by atoms with van der Waals surface area (Å²) in [6.45, 7) is 0. The van der Waals surface area contributed by atoms with Gasteiger partial charge in [0.2, 0.25) is 5.79 Å². The molecule has 0 aromatic heterocycles. The van der Waals surface area contributed by atoms with Gasteiger partial charge in [0.15, 0.2) is 0 Å². The lowest BCUT2D eigenvalue weighted by Gasteiger charge is -2.61. The van der Waals surface area contributed by atoms with Crippen molar-refractivity contribution >= 4 is 23.9 Å².